The van der Waals surface area contributed by atoms with E-state index in [1.807, 2.05) is 62.3 Å². The van der Waals surface area contributed by atoms with E-state index in [1.165, 1.54) is 166 Å². The molecule has 0 aromatic rings. The third-order valence-corrected chi connectivity index (χ3v) is 20.2. The summed E-state index contributed by atoms with van der Waals surface area (Å²) in [4.78, 5) is 14.2. The molecule has 0 spiro atoms. The van der Waals surface area contributed by atoms with Gasteiger partial charge in [0.15, 0.2) is 5.79 Å². The number of ether oxygens (including phenoxy) is 7. The minimum absolute atomic E-state index is 0.0671. The van der Waals surface area contributed by atoms with E-state index in [-0.39, 0.29) is 17.3 Å². The lowest BCUT2D eigenvalue weighted by molar-refractivity contribution is -0.136. The third-order valence-electron chi connectivity index (χ3n) is 18.7. The minimum atomic E-state index is -0.334. The van der Waals surface area contributed by atoms with E-state index in [0.717, 1.165) is 101 Å². The highest BCUT2D eigenvalue weighted by Gasteiger charge is 2.62. The Bertz CT molecular complexity index is 1280. The molecule has 0 aromatic heterocycles. The molecule has 11 rings (SSSR count). The highest BCUT2D eigenvalue weighted by Crippen LogP contribution is 2.65. The van der Waals surface area contributed by atoms with Crippen molar-refractivity contribution in [3.63, 3.8) is 0 Å². The molecular formula is C72H147NO8S. The van der Waals surface area contributed by atoms with Gasteiger partial charge in [-0.2, -0.15) is 11.8 Å². The zero-order chi connectivity index (χ0) is 62.2. The van der Waals surface area contributed by atoms with Crippen LogP contribution in [-0.4, -0.2) is 124 Å². The zero-order valence-corrected chi connectivity index (χ0v) is 59.9. The Morgan fingerprint density at radius 2 is 1.09 bits per heavy atom. The lowest BCUT2D eigenvalue weighted by Crippen LogP contribution is -2.34. The summed E-state index contributed by atoms with van der Waals surface area (Å²) in [6.07, 6.45) is 37.7. The Labute approximate surface area is 517 Å². The summed E-state index contributed by atoms with van der Waals surface area (Å²) < 4.78 is 36.6. The van der Waals surface area contributed by atoms with E-state index in [4.69, 9.17) is 33.2 Å². The second-order valence-corrected chi connectivity index (χ2v) is 26.9. The van der Waals surface area contributed by atoms with Crippen LogP contribution in [0.4, 0.5) is 0 Å². The number of likely N-dealkylation sites (tertiary alicyclic amines) is 1. The van der Waals surface area contributed by atoms with Crippen molar-refractivity contribution >= 4 is 17.5 Å². The number of fused-ring (bicyclic) bond motifs is 2. The quantitative estimate of drug-likeness (QED) is 0.256. The van der Waals surface area contributed by atoms with Gasteiger partial charge in [-0.1, -0.05) is 149 Å². The Morgan fingerprint density at radius 3 is 1.29 bits per heavy atom. The van der Waals surface area contributed by atoms with Crippen LogP contribution >= 0.6 is 11.8 Å². The molecule has 3 aliphatic carbocycles. The van der Waals surface area contributed by atoms with Gasteiger partial charge in [0.05, 0.1) is 31.0 Å². The normalized spacial score (nSPS) is 31.4. The summed E-state index contributed by atoms with van der Waals surface area (Å²) in [5.74, 6) is 5.09. The molecule has 0 aromatic carbocycles. The molecule has 11 aliphatic rings. The molecule has 82 heavy (non-hydrogen) atoms. The van der Waals surface area contributed by atoms with Gasteiger partial charge in [-0.25, -0.2) is 0 Å². The summed E-state index contributed by atoms with van der Waals surface area (Å²) in [5.41, 5.74) is 0.358. The lowest BCUT2D eigenvalue weighted by Gasteiger charge is -2.35. The Kier molecular flexibility index (Phi) is 53.8. The van der Waals surface area contributed by atoms with Crippen molar-refractivity contribution in [3.05, 3.63) is 0 Å². The van der Waals surface area contributed by atoms with Gasteiger partial charge in [-0.3, -0.25) is 4.79 Å². The molecule has 11 fully saturated rings. The fourth-order valence-electron chi connectivity index (χ4n) is 12.6. The summed E-state index contributed by atoms with van der Waals surface area (Å²) in [6.45, 7) is 51.4. The molecule has 9 nitrogen and oxygen atoms in total. The van der Waals surface area contributed by atoms with Crippen LogP contribution in [0.2, 0.25) is 0 Å². The van der Waals surface area contributed by atoms with Gasteiger partial charge in [0, 0.05) is 69.4 Å². The van der Waals surface area contributed by atoms with Crippen LogP contribution in [0.1, 0.15) is 312 Å². The van der Waals surface area contributed by atoms with Gasteiger partial charge in [0.25, 0.3) is 0 Å². The third kappa shape index (κ3) is 36.9. The Morgan fingerprint density at radius 1 is 0.524 bits per heavy atom. The van der Waals surface area contributed by atoms with E-state index >= 15 is 0 Å². The lowest BCUT2D eigenvalue weighted by atomic mass is 9.67. The standard InChI is InChI=1S/C11H18O.C8H16.C7H14O.C6H13N.C6H12O2.2C6H12O.C6H12S.2C5H10O.3C2H6/c1-4-11-6-5-8(7-9(11)12)10(11,2)3;1-2-8-6-4-3-5-7-8;1-2-7-4-3-5-8-6-7;1-6-4-3-5-7(6)2;1-5-4-7-6(2,3)8-5;3*1-2-6-4-3-5-7-6;1-5-2-3-6-4-5;1-5-3-2-4-6-5;3*1-2/h8H,4-7H2,1-3H3;8H,2-7H2,1H3;7H,2-6H2,1H3;6H,3-5H2,1-2H3;5H,4H2,1-3H3;3*6H,2-5H2,1H3;2*5H,2-4H2,1H3;3*1-2H3. The highest BCUT2D eigenvalue weighted by atomic mass is 32.2. The van der Waals surface area contributed by atoms with Crippen LogP contribution in [-0.2, 0) is 38.0 Å². The Hall–Kier alpha value is -0.300. The van der Waals surface area contributed by atoms with Gasteiger partial charge in [-0.15, -0.1) is 0 Å². The van der Waals surface area contributed by atoms with Crippen molar-refractivity contribution in [2.24, 2.45) is 34.5 Å². The van der Waals surface area contributed by atoms with Gasteiger partial charge in [-0.05, 0) is 205 Å². The summed E-state index contributed by atoms with van der Waals surface area (Å²) >= 11 is 2.14. The predicted molar refractivity (Wildman–Crippen MR) is 359 cm³/mol. The Balaban J connectivity index is 0. The number of nitrogens with zero attached hydrogens (tertiary/aromatic N) is 1. The molecule has 10 heteroatoms. The largest absolute Gasteiger partial charge is 0.381 e. The van der Waals surface area contributed by atoms with Gasteiger partial charge in [0.1, 0.15) is 5.78 Å². The number of carbonyl (C=O) groups excluding carboxylic acids is 1. The van der Waals surface area contributed by atoms with Crippen LogP contribution in [0.25, 0.3) is 0 Å². The predicted octanol–water partition coefficient (Wildman–Crippen LogP) is 20.6. The highest BCUT2D eigenvalue weighted by molar-refractivity contribution is 8.00. The van der Waals surface area contributed by atoms with Crippen LogP contribution in [0.5, 0.6) is 0 Å². The van der Waals surface area contributed by atoms with Crippen molar-refractivity contribution in [2.45, 2.75) is 353 Å². The molecule has 8 saturated heterocycles. The molecule has 494 valence electrons. The molecule has 0 amide bonds. The van der Waals surface area contributed by atoms with Crippen molar-refractivity contribution in [1.82, 2.24) is 4.90 Å². The number of ketones is 1. The van der Waals surface area contributed by atoms with Crippen molar-refractivity contribution in [3.8, 4) is 0 Å². The first kappa shape index (κ1) is 83.8. The van der Waals surface area contributed by atoms with E-state index in [2.05, 4.69) is 99.9 Å². The summed E-state index contributed by atoms with van der Waals surface area (Å²) in [5, 5.41) is 1.01. The first-order valence-corrected chi connectivity index (χ1v) is 36.6. The number of thioether (sulfide) groups is 1. The second-order valence-electron chi connectivity index (χ2n) is 25.5. The fourth-order valence-corrected chi connectivity index (χ4v) is 13.8. The molecule has 8 aliphatic heterocycles. The molecule has 0 radical (unpaired) electrons. The van der Waals surface area contributed by atoms with Crippen LogP contribution in [0.3, 0.4) is 0 Å². The number of rotatable bonds is 6. The van der Waals surface area contributed by atoms with Crippen LogP contribution in [0.15, 0.2) is 0 Å². The van der Waals surface area contributed by atoms with E-state index in [1.54, 1.807) is 0 Å². The summed E-state index contributed by atoms with van der Waals surface area (Å²) in [6, 6.07) is 0.847. The average molecular weight is 1190 g/mol. The minimum Gasteiger partial charge on any atom is -0.381 e. The fraction of sp³-hybridized carbons (Fsp3) is 0.986. The molecule has 3 saturated carbocycles. The van der Waals surface area contributed by atoms with Crippen LogP contribution < -0.4 is 0 Å². The summed E-state index contributed by atoms with van der Waals surface area (Å²) in [7, 11) is 2.19. The molecule has 10 atom stereocenters. The molecule has 8 heterocycles. The molecule has 0 N–H and O–H groups in total. The maximum absolute atomic E-state index is 11.8. The maximum Gasteiger partial charge on any atom is 0.163 e. The zero-order valence-electron chi connectivity index (χ0n) is 59.1. The van der Waals surface area contributed by atoms with Gasteiger partial charge < -0.3 is 38.1 Å². The number of carbonyl (C=O) groups is 1. The smallest absolute Gasteiger partial charge is 0.163 e. The monoisotopic (exact) mass is 1190 g/mol. The number of hydrogen-bond donors (Lipinski definition) is 0. The van der Waals surface area contributed by atoms with Crippen molar-refractivity contribution in [2.75, 3.05) is 72.2 Å². The van der Waals surface area contributed by atoms with Gasteiger partial charge in [0.2, 0.25) is 0 Å². The van der Waals surface area contributed by atoms with E-state index < -0.39 is 0 Å². The van der Waals surface area contributed by atoms with Crippen molar-refractivity contribution in [1.29, 1.82) is 0 Å². The first-order valence-electron chi connectivity index (χ1n) is 35.6. The number of Topliss-reactive ketones (excluding diaryl/α,β-unsaturated/α-hetero) is 1. The molecule has 2 bridgehead atoms. The number of hydrogen-bond acceptors (Lipinski definition) is 10. The SMILES string of the molecule is CC.CC.CC.CC1CCCN1C.CC1CCCO1.CC1CCOC1.CC1COC(C)(C)O1.CCC12CCC(CC1=O)C2(C)C.CCC1CCCCC1.CCC1CCCO1.CCC1CCCO1.CCC1CCCOC1.CCC1CCCS1. The first-order chi connectivity index (χ1) is 39.4. The van der Waals surface area contributed by atoms with Crippen LogP contribution in [0, 0.1) is 34.5 Å². The van der Waals surface area contributed by atoms with Gasteiger partial charge >= 0.3 is 0 Å². The average Bonchev–Trinajstić information content (AvgIpc) is 4.52. The van der Waals surface area contributed by atoms with E-state index in [0.29, 0.717) is 35.4 Å². The molecule has 10 unspecified atom stereocenters. The second kappa shape index (κ2) is 52.6. The maximum atomic E-state index is 11.8. The van der Waals surface area contributed by atoms with E-state index in [9.17, 15) is 4.79 Å². The topological polar surface area (TPSA) is 84.9 Å². The molecular weight excluding hydrogens is 1040 g/mol. The van der Waals surface area contributed by atoms with Crippen molar-refractivity contribution < 1.29 is 38.0 Å².